The topological polar surface area (TPSA) is 64.5 Å². The van der Waals surface area contributed by atoms with Crippen LogP contribution in [0.5, 0.6) is 11.5 Å². The van der Waals surface area contributed by atoms with Gasteiger partial charge in [-0.2, -0.15) is 5.43 Å². The Morgan fingerprint density at radius 1 is 1.08 bits per heavy atom. The molecule has 1 aliphatic heterocycles. The molecule has 0 radical (unpaired) electrons. The fourth-order valence-corrected chi connectivity index (χ4v) is 2.47. The SMILES string of the molecule is COc1ccc(C2=N[NH2+]C(/C=C/C(=O)c3ccc(OC)cc3F)=C2)cc1. The monoisotopic (exact) mass is 353 g/mol. The fraction of sp³-hybridized carbons (Fsp3) is 0.100. The number of benzene rings is 2. The van der Waals surface area contributed by atoms with Crippen molar-refractivity contribution in [1.29, 1.82) is 0 Å². The molecule has 0 aliphatic carbocycles. The summed E-state index contributed by atoms with van der Waals surface area (Å²) in [6.45, 7) is 0. The second-order valence-electron chi connectivity index (χ2n) is 5.56. The van der Waals surface area contributed by atoms with Crippen molar-refractivity contribution < 1.29 is 24.1 Å². The molecule has 0 atom stereocenters. The second kappa shape index (κ2) is 7.76. The Balaban J connectivity index is 1.70. The number of carbonyl (C=O) groups is 1. The van der Waals surface area contributed by atoms with E-state index in [9.17, 15) is 9.18 Å². The number of nitrogens with two attached hydrogens (primary N) is 1. The second-order valence-corrected chi connectivity index (χ2v) is 5.56. The van der Waals surface area contributed by atoms with Crippen LogP contribution in [0.2, 0.25) is 0 Å². The summed E-state index contributed by atoms with van der Waals surface area (Å²) in [5, 5.41) is 4.34. The Morgan fingerprint density at radius 3 is 2.42 bits per heavy atom. The first kappa shape index (κ1) is 17.6. The lowest BCUT2D eigenvalue weighted by Crippen LogP contribution is -2.73. The van der Waals surface area contributed by atoms with Crippen molar-refractivity contribution in [3.8, 4) is 11.5 Å². The molecule has 26 heavy (non-hydrogen) atoms. The highest BCUT2D eigenvalue weighted by Gasteiger charge is 2.15. The summed E-state index contributed by atoms with van der Waals surface area (Å²) in [5.41, 5.74) is 4.15. The summed E-state index contributed by atoms with van der Waals surface area (Å²) in [7, 11) is 3.06. The molecule has 2 aromatic carbocycles. The van der Waals surface area contributed by atoms with Gasteiger partial charge >= 0.3 is 0 Å². The van der Waals surface area contributed by atoms with Gasteiger partial charge in [0.15, 0.2) is 11.5 Å². The predicted molar refractivity (Wildman–Crippen MR) is 96.0 cm³/mol. The third kappa shape index (κ3) is 3.87. The van der Waals surface area contributed by atoms with Crippen LogP contribution in [0.4, 0.5) is 4.39 Å². The molecule has 3 rings (SSSR count). The number of quaternary nitrogens is 1. The van der Waals surface area contributed by atoms with Crippen molar-refractivity contribution in [3.63, 3.8) is 0 Å². The van der Waals surface area contributed by atoms with Gasteiger partial charge in [-0.05, 0) is 42.5 Å². The summed E-state index contributed by atoms with van der Waals surface area (Å²) >= 11 is 0. The van der Waals surface area contributed by atoms with Gasteiger partial charge in [-0.25, -0.2) is 4.39 Å². The minimum Gasteiger partial charge on any atom is -0.497 e. The molecule has 1 heterocycles. The highest BCUT2D eigenvalue weighted by atomic mass is 19.1. The van der Waals surface area contributed by atoms with E-state index < -0.39 is 11.6 Å². The van der Waals surface area contributed by atoms with E-state index in [1.54, 1.807) is 24.7 Å². The Bertz CT molecular complexity index is 915. The van der Waals surface area contributed by atoms with Crippen LogP contribution < -0.4 is 14.9 Å². The Hall–Kier alpha value is -3.25. The third-order valence-corrected chi connectivity index (χ3v) is 3.91. The quantitative estimate of drug-likeness (QED) is 0.493. The highest BCUT2D eigenvalue weighted by Crippen LogP contribution is 2.17. The lowest BCUT2D eigenvalue weighted by molar-refractivity contribution is -0.604. The smallest absolute Gasteiger partial charge is 0.189 e. The van der Waals surface area contributed by atoms with E-state index >= 15 is 0 Å². The molecule has 0 amide bonds. The fourth-order valence-electron chi connectivity index (χ4n) is 2.47. The number of ether oxygens (including phenoxy) is 2. The Kier molecular flexibility index (Phi) is 5.24. The summed E-state index contributed by atoms with van der Waals surface area (Å²) in [4.78, 5) is 12.2. The molecule has 0 fully saturated rings. The van der Waals surface area contributed by atoms with Crippen molar-refractivity contribution in [1.82, 2.24) is 0 Å². The number of rotatable bonds is 6. The molecular formula is C20H18FN2O3+. The number of carbonyl (C=O) groups excluding carboxylic acids is 1. The van der Waals surface area contributed by atoms with Gasteiger partial charge in [-0.1, -0.05) is 5.10 Å². The summed E-state index contributed by atoms with van der Waals surface area (Å²) in [6.07, 6.45) is 4.81. The summed E-state index contributed by atoms with van der Waals surface area (Å²) in [5.74, 6) is 0.107. The van der Waals surface area contributed by atoms with Crippen molar-refractivity contribution in [3.05, 3.63) is 83.3 Å². The van der Waals surface area contributed by atoms with Crippen LogP contribution >= 0.6 is 0 Å². The zero-order valence-corrected chi connectivity index (χ0v) is 14.4. The molecule has 0 bridgehead atoms. The van der Waals surface area contributed by atoms with Gasteiger partial charge in [0.1, 0.15) is 23.0 Å². The van der Waals surface area contributed by atoms with Crippen molar-refractivity contribution >= 4 is 11.5 Å². The standard InChI is InChI=1S/C20H17FN2O3/c1-25-15-6-3-13(4-7-15)19-11-14(22-23-19)5-10-20(24)17-9-8-16(26-2)12-18(17)21/h3-12H,1-2H3,(H,22,23)/p+1/b10-5+. The van der Waals surface area contributed by atoms with Crippen LogP contribution in [0.15, 0.2) is 71.5 Å². The van der Waals surface area contributed by atoms with Crippen molar-refractivity contribution in [2.45, 2.75) is 0 Å². The molecule has 6 heteroatoms. The van der Waals surface area contributed by atoms with E-state index in [2.05, 4.69) is 5.10 Å². The average Bonchev–Trinajstić information content (AvgIpc) is 3.15. The lowest BCUT2D eigenvalue weighted by atomic mass is 10.1. The summed E-state index contributed by atoms with van der Waals surface area (Å²) in [6, 6.07) is 11.7. The molecule has 132 valence electrons. The maximum Gasteiger partial charge on any atom is 0.189 e. The molecule has 0 spiro atoms. The van der Waals surface area contributed by atoms with Crippen LogP contribution in [-0.4, -0.2) is 25.7 Å². The predicted octanol–water partition coefficient (Wildman–Crippen LogP) is 2.45. The van der Waals surface area contributed by atoms with Crippen LogP contribution in [0, 0.1) is 5.82 Å². The first-order valence-electron chi connectivity index (χ1n) is 7.94. The summed E-state index contributed by atoms with van der Waals surface area (Å²) < 4.78 is 24.0. The van der Waals surface area contributed by atoms with Crippen LogP contribution in [0.1, 0.15) is 15.9 Å². The van der Waals surface area contributed by atoms with Gasteiger partial charge in [0, 0.05) is 23.8 Å². The molecule has 0 saturated carbocycles. The zero-order chi connectivity index (χ0) is 18.5. The number of allylic oxidation sites excluding steroid dienone is 3. The number of nitrogens with zero attached hydrogens (tertiary/aromatic N) is 1. The molecule has 0 saturated heterocycles. The van der Waals surface area contributed by atoms with Crippen molar-refractivity contribution in [2.24, 2.45) is 5.10 Å². The van der Waals surface area contributed by atoms with Gasteiger partial charge in [0.2, 0.25) is 0 Å². The maximum atomic E-state index is 13.9. The molecule has 2 aromatic rings. The molecular weight excluding hydrogens is 335 g/mol. The van der Waals surface area contributed by atoms with E-state index in [4.69, 9.17) is 9.47 Å². The molecule has 5 nitrogen and oxygen atoms in total. The minimum atomic E-state index is -0.612. The van der Waals surface area contributed by atoms with Crippen LogP contribution in [0.25, 0.3) is 0 Å². The number of hydrogen-bond donors (Lipinski definition) is 1. The molecule has 2 N–H and O–H groups in total. The van der Waals surface area contributed by atoms with Gasteiger partial charge < -0.3 is 9.47 Å². The number of ketones is 1. The minimum absolute atomic E-state index is 0.00283. The van der Waals surface area contributed by atoms with E-state index in [1.807, 2.05) is 30.3 Å². The largest absolute Gasteiger partial charge is 0.497 e. The van der Waals surface area contributed by atoms with Crippen LogP contribution in [0.3, 0.4) is 0 Å². The zero-order valence-electron chi connectivity index (χ0n) is 14.4. The lowest BCUT2D eigenvalue weighted by Gasteiger charge is -2.02. The maximum absolute atomic E-state index is 13.9. The molecule has 0 unspecified atom stereocenters. The number of halogens is 1. The van der Waals surface area contributed by atoms with Gasteiger partial charge in [0.25, 0.3) is 0 Å². The van der Waals surface area contributed by atoms with Gasteiger partial charge in [-0.15, -0.1) is 0 Å². The average molecular weight is 353 g/mol. The van der Waals surface area contributed by atoms with Gasteiger partial charge in [0.05, 0.1) is 19.8 Å². The van der Waals surface area contributed by atoms with E-state index in [0.717, 1.165) is 22.7 Å². The van der Waals surface area contributed by atoms with Crippen molar-refractivity contribution in [2.75, 3.05) is 14.2 Å². The Labute approximate surface area is 150 Å². The molecule has 1 aliphatic rings. The van der Waals surface area contributed by atoms with E-state index in [-0.39, 0.29) is 5.56 Å². The normalized spacial score (nSPS) is 13.5. The third-order valence-electron chi connectivity index (χ3n) is 3.91. The van der Waals surface area contributed by atoms with Gasteiger partial charge in [-0.3, -0.25) is 4.79 Å². The van der Waals surface area contributed by atoms with Crippen LogP contribution in [-0.2, 0) is 0 Å². The first-order valence-corrected chi connectivity index (χ1v) is 7.94. The molecule has 0 aromatic heterocycles. The van der Waals surface area contributed by atoms with E-state index in [0.29, 0.717) is 5.75 Å². The first-order chi connectivity index (χ1) is 12.6. The highest BCUT2D eigenvalue weighted by molar-refractivity contribution is 6.10. The van der Waals surface area contributed by atoms with E-state index in [1.165, 1.54) is 25.3 Å². The number of methoxy groups -OCH3 is 2. The number of hydrogen-bond acceptors (Lipinski definition) is 4. The Morgan fingerprint density at radius 2 is 1.77 bits per heavy atom.